The van der Waals surface area contributed by atoms with E-state index in [1.54, 1.807) is 19.1 Å². The molecule has 1 atom stereocenters. The first-order chi connectivity index (χ1) is 7.02. The average Bonchev–Trinajstić information content (AvgIpc) is 2.15. The summed E-state index contributed by atoms with van der Waals surface area (Å²) in [6.45, 7) is 5.43. The quantitative estimate of drug-likeness (QED) is 0.771. The molecule has 0 heterocycles. The largest absolute Gasteiger partial charge is 0.369 e. The lowest BCUT2D eigenvalue weighted by molar-refractivity contribution is -0.118. The molecule has 4 heteroatoms. The van der Waals surface area contributed by atoms with Gasteiger partial charge in [-0.3, -0.25) is 4.79 Å². The lowest BCUT2D eigenvalue weighted by Crippen LogP contribution is -2.36. The molecule has 0 fully saturated rings. The van der Waals surface area contributed by atoms with E-state index in [1.807, 2.05) is 12.1 Å². The molecular weight excluding hydrogens is 212 g/mol. The second-order valence-electron chi connectivity index (χ2n) is 3.31. The van der Waals surface area contributed by atoms with Gasteiger partial charge >= 0.3 is 0 Å². The van der Waals surface area contributed by atoms with E-state index >= 15 is 0 Å². The molecule has 1 aromatic carbocycles. The maximum Gasteiger partial charge on any atom is 0.244 e. The highest BCUT2D eigenvalue weighted by Gasteiger charge is 2.16. The first-order valence-corrected chi connectivity index (χ1v) is 4.86. The minimum Gasteiger partial charge on any atom is -0.369 e. The zero-order valence-corrected chi connectivity index (χ0v) is 9.21. The van der Waals surface area contributed by atoms with Gasteiger partial charge in [-0.2, -0.15) is 0 Å². The number of amides is 1. The number of hydrogen-bond donors (Lipinski definition) is 2. The summed E-state index contributed by atoms with van der Waals surface area (Å²) in [5.74, 6) is -0.470. The smallest absolute Gasteiger partial charge is 0.244 e. The number of halogens is 1. The summed E-state index contributed by atoms with van der Waals surface area (Å²) in [5.41, 5.74) is 6.56. The van der Waals surface area contributed by atoms with Gasteiger partial charge in [-0.05, 0) is 24.6 Å². The Morgan fingerprint density at radius 1 is 1.53 bits per heavy atom. The number of nitrogens with two attached hydrogens (primary N) is 1. The molecule has 0 radical (unpaired) electrons. The van der Waals surface area contributed by atoms with Gasteiger partial charge in [0.05, 0.1) is 10.7 Å². The van der Waals surface area contributed by atoms with Crippen LogP contribution in [0, 0.1) is 0 Å². The van der Waals surface area contributed by atoms with Gasteiger partial charge in [-0.25, -0.2) is 0 Å². The molecule has 0 saturated heterocycles. The molecule has 0 saturated carbocycles. The van der Waals surface area contributed by atoms with Crippen LogP contribution in [0.5, 0.6) is 0 Å². The number of para-hydroxylation sites is 1. The lowest BCUT2D eigenvalue weighted by Gasteiger charge is -2.17. The molecule has 15 heavy (non-hydrogen) atoms. The molecule has 3 N–H and O–H groups in total. The second kappa shape index (κ2) is 4.84. The highest BCUT2D eigenvalue weighted by Crippen LogP contribution is 2.22. The maximum atomic E-state index is 11.1. The number of carbonyl (C=O) groups is 1. The molecule has 80 valence electrons. The van der Waals surface area contributed by atoms with E-state index in [2.05, 4.69) is 11.9 Å². The molecule has 1 aromatic rings. The van der Waals surface area contributed by atoms with Gasteiger partial charge in [-0.15, -0.1) is 0 Å². The number of nitrogens with one attached hydrogen (secondary N) is 1. The van der Waals surface area contributed by atoms with Crippen molar-refractivity contribution >= 4 is 23.2 Å². The van der Waals surface area contributed by atoms with E-state index in [9.17, 15) is 4.79 Å². The van der Waals surface area contributed by atoms with Crippen molar-refractivity contribution in [1.82, 2.24) is 0 Å². The highest BCUT2D eigenvalue weighted by molar-refractivity contribution is 6.33. The number of rotatable bonds is 4. The normalized spacial score (nSPS) is 11.9. The van der Waals surface area contributed by atoms with Crippen molar-refractivity contribution in [2.75, 3.05) is 5.32 Å². The fraction of sp³-hybridized carbons (Fsp3) is 0.182. The second-order valence-corrected chi connectivity index (χ2v) is 3.71. The number of hydrogen-bond acceptors (Lipinski definition) is 2. The van der Waals surface area contributed by atoms with Crippen molar-refractivity contribution in [3.05, 3.63) is 41.4 Å². The van der Waals surface area contributed by atoms with Crippen molar-refractivity contribution < 1.29 is 4.79 Å². The fourth-order valence-electron chi connectivity index (χ4n) is 1.17. The Balaban J connectivity index is 2.88. The summed E-state index contributed by atoms with van der Waals surface area (Å²) in [6.07, 6.45) is 0. The van der Waals surface area contributed by atoms with Crippen LogP contribution in [-0.4, -0.2) is 11.9 Å². The van der Waals surface area contributed by atoms with E-state index in [0.29, 0.717) is 16.3 Å². The Hall–Kier alpha value is -1.48. The van der Waals surface area contributed by atoms with Crippen LogP contribution in [0.15, 0.2) is 36.4 Å². The monoisotopic (exact) mass is 224 g/mol. The Morgan fingerprint density at radius 3 is 2.60 bits per heavy atom. The Kier molecular flexibility index (Phi) is 3.74. The predicted octanol–water partition coefficient (Wildman–Crippen LogP) is 2.18. The average molecular weight is 225 g/mol. The van der Waals surface area contributed by atoms with Crippen molar-refractivity contribution in [2.24, 2.45) is 5.73 Å². The molecule has 3 nitrogen and oxygen atoms in total. The van der Waals surface area contributed by atoms with Crippen molar-refractivity contribution in [3.8, 4) is 0 Å². The Bertz CT molecular complexity index is 376. The first kappa shape index (κ1) is 11.6. The van der Waals surface area contributed by atoms with Gasteiger partial charge < -0.3 is 11.1 Å². The summed E-state index contributed by atoms with van der Waals surface area (Å²) in [5, 5.41) is 3.49. The van der Waals surface area contributed by atoms with Crippen LogP contribution < -0.4 is 11.1 Å². The van der Waals surface area contributed by atoms with Crippen molar-refractivity contribution in [2.45, 2.75) is 13.0 Å². The minimum atomic E-state index is -0.593. The third-order valence-corrected chi connectivity index (χ3v) is 2.28. The molecule has 0 bridgehead atoms. The van der Waals surface area contributed by atoms with E-state index in [4.69, 9.17) is 17.3 Å². The number of primary amides is 1. The van der Waals surface area contributed by atoms with Crippen molar-refractivity contribution in [3.63, 3.8) is 0 Å². The Labute approximate surface area is 93.9 Å². The highest BCUT2D eigenvalue weighted by atomic mass is 35.5. The zero-order chi connectivity index (χ0) is 11.4. The van der Waals surface area contributed by atoms with Crippen LogP contribution in [0.3, 0.4) is 0 Å². The lowest BCUT2D eigenvalue weighted by atomic mass is 10.1. The van der Waals surface area contributed by atoms with Crippen molar-refractivity contribution in [1.29, 1.82) is 0 Å². The molecule has 1 amide bonds. The minimum absolute atomic E-state index is 0.470. The summed E-state index contributed by atoms with van der Waals surface area (Å²) in [6, 6.07) is 6.56. The third-order valence-electron chi connectivity index (χ3n) is 1.95. The van der Waals surface area contributed by atoms with E-state index < -0.39 is 11.9 Å². The van der Waals surface area contributed by atoms with Gasteiger partial charge in [0.15, 0.2) is 0 Å². The van der Waals surface area contributed by atoms with Crippen LogP contribution in [0.1, 0.15) is 6.92 Å². The molecule has 0 aromatic heterocycles. The first-order valence-electron chi connectivity index (χ1n) is 4.48. The maximum absolute atomic E-state index is 11.1. The van der Waals surface area contributed by atoms with Gasteiger partial charge in [0.25, 0.3) is 0 Å². The summed E-state index contributed by atoms with van der Waals surface area (Å²) in [7, 11) is 0. The number of anilines is 1. The molecule has 1 rings (SSSR count). The van der Waals surface area contributed by atoms with E-state index in [0.717, 1.165) is 0 Å². The van der Waals surface area contributed by atoms with Gasteiger partial charge in [0.1, 0.15) is 6.04 Å². The summed E-state index contributed by atoms with van der Waals surface area (Å²) >= 11 is 5.93. The predicted molar refractivity (Wildman–Crippen MR) is 62.9 cm³/mol. The molecule has 0 aliphatic rings. The number of carbonyl (C=O) groups excluding carboxylic acids is 1. The summed E-state index contributed by atoms with van der Waals surface area (Å²) in [4.78, 5) is 11.1. The SMILES string of the molecule is C=C(C)C(Nc1ccccc1Cl)C(N)=O. The van der Waals surface area contributed by atoms with Crippen LogP contribution >= 0.6 is 11.6 Å². The van der Waals surface area contributed by atoms with Crippen LogP contribution in [-0.2, 0) is 4.79 Å². The van der Waals surface area contributed by atoms with Gasteiger partial charge in [-0.1, -0.05) is 30.3 Å². The molecule has 0 aliphatic carbocycles. The standard InChI is InChI=1S/C11H13ClN2O/c1-7(2)10(11(13)15)14-9-6-4-3-5-8(9)12/h3-6,10,14H,1H2,2H3,(H2,13,15). The molecule has 0 aliphatic heterocycles. The molecule has 0 spiro atoms. The van der Waals surface area contributed by atoms with E-state index in [-0.39, 0.29) is 0 Å². The summed E-state index contributed by atoms with van der Waals surface area (Å²) < 4.78 is 0. The van der Waals surface area contributed by atoms with Crippen LogP contribution in [0.2, 0.25) is 5.02 Å². The van der Waals surface area contributed by atoms with E-state index in [1.165, 1.54) is 0 Å². The van der Waals surface area contributed by atoms with Crippen LogP contribution in [0.25, 0.3) is 0 Å². The molecular formula is C11H13ClN2O. The van der Waals surface area contributed by atoms with Gasteiger partial charge in [0, 0.05) is 0 Å². The molecule has 1 unspecified atom stereocenters. The topological polar surface area (TPSA) is 55.1 Å². The fourth-order valence-corrected chi connectivity index (χ4v) is 1.36. The third kappa shape index (κ3) is 2.99. The number of benzene rings is 1. The Morgan fingerprint density at radius 2 is 2.13 bits per heavy atom. The van der Waals surface area contributed by atoms with Gasteiger partial charge in [0.2, 0.25) is 5.91 Å². The van der Waals surface area contributed by atoms with Crippen LogP contribution in [0.4, 0.5) is 5.69 Å². The zero-order valence-electron chi connectivity index (χ0n) is 8.46.